The Balaban J connectivity index is 2.83. The van der Waals surface area contributed by atoms with Gasteiger partial charge in [-0.05, 0) is 31.6 Å². The molecule has 0 radical (unpaired) electrons. The van der Waals surface area contributed by atoms with Crippen molar-refractivity contribution in [2.45, 2.75) is 46.6 Å². The van der Waals surface area contributed by atoms with Crippen molar-refractivity contribution in [2.75, 3.05) is 12.3 Å². The Hall–Kier alpha value is -0.0900. The fourth-order valence-electron chi connectivity index (χ4n) is 2.41. The Morgan fingerprint density at radius 1 is 1.27 bits per heavy atom. The molecule has 1 saturated heterocycles. The molecular formula is C11H23NO2S. The van der Waals surface area contributed by atoms with Gasteiger partial charge in [0.05, 0.1) is 5.75 Å². The summed E-state index contributed by atoms with van der Waals surface area (Å²) in [4.78, 5) is 0. The molecule has 3 nitrogen and oxygen atoms in total. The van der Waals surface area contributed by atoms with Crippen LogP contribution < -0.4 is 0 Å². The molecule has 1 aliphatic heterocycles. The van der Waals surface area contributed by atoms with Crippen molar-refractivity contribution >= 4 is 10.0 Å². The van der Waals surface area contributed by atoms with Crippen LogP contribution in [0.3, 0.4) is 0 Å². The number of sulfonamides is 1. The zero-order chi connectivity index (χ0) is 11.6. The second-order valence-electron chi connectivity index (χ2n) is 4.94. The molecule has 90 valence electrons. The van der Waals surface area contributed by atoms with E-state index in [4.69, 9.17) is 0 Å². The topological polar surface area (TPSA) is 37.4 Å². The highest BCUT2D eigenvalue weighted by molar-refractivity contribution is 7.89. The molecule has 0 saturated carbocycles. The number of hydrogen-bond donors (Lipinski definition) is 0. The van der Waals surface area contributed by atoms with E-state index in [1.165, 1.54) is 0 Å². The summed E-state index contributed by atoms with van der Waals surface area (Å²) in [6.45, 7) is 8.93. The van der Waals surface area contributed by atoms with Gasteiger partial charge in [0.15, 0.2) is 0 Å². The normalized spacial score (nSPS) is 34.3. The van der Waals surface area contributed by atoms with Crippen molar-refractivity contribution in [1.82, 2.24) is 4.31 Å². The maximum Gasteiger partial charge on any atom is 0.214 e. The smallest absolute Gasteiger partial charge is 0.212 e. The van der Waals surface area contributed by atoms with Gasteiger partial charge in [0.25, 0.3) is 0 Å². The number of hydrogen-bond acceptors (Lipinski definition) is 2. The first-order valence-electron chi connectivity index (χ1n) is 5.88. The Bertz CT molecular complexity index is 300. The third-order valence-electron chi connectivity index (χ3n) is 3.36. The predicted molar refractivity (Wildman–Crippen MR) is 63.2 cm³/mol. The summed E-state index contributed by atoms with van der Waals surface area (Å²) in [7, 11) is -3.02. The van der Waals surface area contributed by atoms with Crippen LogP contribution in [-0.4, -0.2) is 31.1 Å². The van der Waals surface area contributed by atoms with Crippen LogP contribution in [0.4, 0.5) is 0 Å². The summed E-state index contributed by atoms with van der Waals surface area (Å²) in [6, 6.07) is 0.165. The average molecular weight is 233 g/mol. The molecule has 1 fully saturated rings. The van der Waals surface area contributed by atoms with Gasteiger partial charge in [-0.3, -0.25) is 0 Å². The highest BCUT2D eigenvalue weighted by Gasteiger charge is 2.35. The second-order valence-corrected chi connectivity index (χ2v) is 6.99. The Labute approximate surface area is 93.9 Å². The molecule has 0 aromatic carbocycles. The van der Waals surface area contributed by atoms with Crippen molar-refractivity contribution in [3.05, 3.63) is 0 Å². The van der Waals surface area contributed by atoms with Crippen molar-refractivity contribution in [2.24, 2.45) is 11.8 Å². The molecule has 0 N–H and O–H groups in total. The van der Waals surface area contributed by atoms with E-state index in [0.29, 0.717) is 24.8 Å². The van der Waals surface area contributed by atoms with E-state index >= 15 is 0 Å². The van der Waals surface area contributed by atoms with Gasteiger partial charge in [0.1, 0.15) is 0 Å². The van der Waals surface area contributed by atoms with E-state index in [0.717, 1.165) is 6.42 Å². The van der Waals surface area contributed by atoms with Gasteiger partial charge in [-0.25, -0.2) is 8.42 Å². The van der Waals surface area contributed by atoms with Gasteiger partial charge in [-0.2, -0.15) is 4.31 Å². The van der Waals surface area contributed by atoms with E-state index in [-0.39, 0.29) is 11.8 Å². The van der Waals surface area contributed by atoms with Crippen LogP contribution in [-0.2, 0) is 10.0 Å². The molecule has 0 aromatic rings. The number of rotatable bonds is 3. The van der Waals surface area contributed by atoms with Gasteiger partial charge < -0.3 is 0 Å². The molecule has 15 heavy (non-hydrogen) atoms. The van der Waals surface area contributed by atoms with E-state index < -0.39 is 10.0 Å². The van der Waals surface area contributed by atoms with Gasteiger partial charge in [0.2, 0.25) is 10.0 Å². The lowest BCUT2D eigenvalue weighted by Gasteiger charge is -2.40. The fraction of sp³-hybridized carbons (Fsp3) is 1.00. The van der Waals surface area contributed by atoms with Crippen LogP contribution in [0.5, 0.6) is 0 Å². The summed E-state index contributed by atoms with van der Waals surface area (Å²) in [5.41, 5.74) is 0. The van der Waals surface area contributed by atoms with E-state index in [1.54, 1.807) is 4.31 Å². The second kappa shape index (κ2) is 4.83. The van der Waals surface area contributed by atoms with Gasteiger partial charge >= 0.3 is 0 Å². The van der Waals surface area contributed by atoms with Crippen LogP contribution in [0.2, 0.25) is 0 Å². The minimum atomic E-state index is -3.02. The Kier molecular flexibility index (Phi) is 4.18. The maximum atomic E-state index is 12.0. The van der Waals surface area contributed by atoms with Gasteiger partial charge in [0, 0.05) is 12.6 Å². The van der Waals surface area contributed by atoms with E-state index in [9.17, 15) is 8.42 Å². The largest absolute Gasteiger partial charge is 0.214 e. The summed E-state index contributed by atoms with van der Waals surface area (Å²) < 4.78 is 25.7. The molecule has 3 unspecified atom stereocenters. The maximum absolute atomic E-state index is 12.0. The van der Waals surface area contributed by atoms with Crippen molar-refractivity contribution in [3.63, 3.8) is 0 Å². The average Bonchev–Trinajstić information content (AvgIpc) is 2.11. The molecule has 0 amide bonds. The third-order valence-corrected chi connectivity index (χ3v) is 5.48. The first kappa shape index (κ1) is 13.0. The summed E-state index contributed by atoms with van der Waals surface area (Å²) in [5.74, 6) is 1.25. The Morgan fingerprint density at radius 3 is 2.40 bits per heavy atom. The van der Waals surface area contributed by atoms with Crippen LogP contribution in [0.1, 0.15) is 40.5 Å². The lowest BCUT2D eigenvalue weighted by Crippen LogP contribution is -2.49. The molecule has 4 heteroatoms. The van der Waals surface area contributed by atoms with E-state index in [1.807, 2.05) is 13.8 Å². The van der Waals surface area contributed by atoms with Gasteiger partial charge in [-0.15, -0.1) is 0 Å². The molecule has 0 aliphatic carbocycles. The monoisotopic (exact) mass is 233 g/mol. The fourth-order valence-corrected chi connectivity index (χ4v) is 4.35. The van der Waals surface area contributed by atoms with Crippen molar-refractivity contribution < 1.29 is 8.42 Å². The quantitative estimate of drug-likeness (QED) is 0.748. The van der Waals surface area contributed by atoms with Crippen LogP contribution in [0.15, 0.2) is 0 Å². The number of nitrogens with zero attached hydrogens (tertiary/aromatic N) is 1. The lowest BCUT2D eigenvalue weighted by atomic mass is 9.88. The highest BCUT2D eigenvalue weighted by atomic mass is 32.2. The van der Waals surface area contributed by atoms with Gasteiger partial charge in [-0.1, -0.05) is 20.8 Å². The van der Waals surface area contributed by atoms with E-state index in [2.05, 4.69) is 13.8 Å². The Morgan fingerprint density at radius 2 is 1.87 bits per heavy atom. The molecule has 0 aromatic heterocycles. The summed E-state index contributed by atoms with van der Waals surface area (Å²) in [6.07, 6.45) is 1.84. The number of piperidine rings is 1. The SMILES string of the molecule is CCCS(=O)(=O)N1CC(C)CC(C)C1C. The molecule has 1 heterocycles. The van der Waals surface area contributed by atoms with Crippen molar-refractivity contribution in [3.8, 4) is 0 Å². The molecule has 0 bridgehead atoms. The first-order valence-corrected chi connectivity index (χ1v) is 7.49. The predicted octanol–water partition coefficient (Wildman–Crippen LogP) is 2.09. The van der Waals surface area contributed by atoms with Crippen LogP contribution in [0, 0.1) is 11.8 Å². The lowest BCUT2D eigenvalue weighted by molar-refractivity contribution is 0.157. The third kappa shape index (κ3) is 2.94. The molecule has 1 rings (SSSR count). The standard InChI is InChI=1S/C11H23NO2S/c1-5-6-15(13,14)12-8-9(2)7-10(3)11(12)4/h9-11H,5-8H2,1-4H3. The minimum Gasteiger partial charge on any atom is -0.212 e. The molecule has 0 spiro atoms. The zero-order valence-corrected chi connectivity index (χ0v) is 11.0. The highest BCUT2D eigenvalue weighted by Crippen LogP contribution is 2.29. The molecular weight excluding hydrogens is 210 g/mol. The first-order chi connectivity index (χ1) is 6.88. The zero-order valence-electron chi connectivity index (χ0n) is 10.2. The van der Waals surface area contributed by atoms with Crippen LogP contribution >= 0.6 is 0 Å². The molecule has 3 atom stereocenters. The summed E-state index contributed by atoms with van der Waals surface area (Å²) >= 11 is 0. The molecule has 1 aliphatic rings. The minimum absolute atomic E-state index is 0.165. The van der Waals surface area contributed by atoms with Crippen LogP contribution in [0.25, 0.3) is 0 Å². The van der Waals surface area contributed by atoms with Crippen molar-refractivity contribution in [1.29, 1.82) is 0 Å². The summed E-state index contributed by atoms with van der Waals surface area (Å²) in [5, 5.41) is 0.